The Morgan fingerprint density at radius 1 is 1.00 bits per heavy atom. The zero-order chi connectivity index (χ0) is 25.0. The lowest BCUT2D eigenvalue weighted by atomic mass is 9.79. The third-order valence-electron chi connectivity index (χ3n) is 6.44. The van der Waals surface area contributed by atoms with Gasteiger partial charge in [-0.3, -0.25) is 19.3 Å². The molecule has 0 aromatic rings. The molecule has 0 aromatic heterocycles. The van der Waals surface area contributed by atoms with Gasteiger partial charge in [0.05, 0.1) is 19.4 Å². The first-order valence-electron chi connectivity index (χ1n) is 11.4. The number of piperidine rings is 1. The summed E-state index contributed by atoms with van der Waals surface area (Å²) in [6, 6.07) is 0. The van der Waals surface area contributed by atoms with Gasteiger partial charge in [0.15, 0.2) is 5.78 Å². The van der Waals surface area contributed by atoms with Gasteiger partial charge in [0.1, 0.15) is 17.3 Å². The van der Waals surface area contributed by atoms with Crippen molar-refractivity contribution in [1.29, 1.82) is 0 Å². The lowest BCUT2D eigenvalue weighted by Gasteiger charge is -2.53. The van der Waals surface area contributed by atoms with Crippen molar-refractivity contribution < 1.29 is 28.6 Å². The number of hydrogen-bond acceptors (Lipinski definition) is 7. The highest BCUT2D eigenvalue weighted by molar-refractivity contribution is 5.95. The van der Waals surface area contributed by atoms with Crippen molar-refractivity contribution in [2.45, 2.75) is 116 Å². The first-order valence-corrected chi connectivity index (χ1v) is 11.4. The lowest BCUT2D eigenvalue weighted by molar-refractivity contribution is -0.166. The van der Waals surface area contributed by atoms with Crippen molar-refractivity contribution in [3.8, 4) is 0 Å². The number of hydrogen-bond donors (Lipinski definition) is 0. The first kappa shape index (κ1) is 28.3. The molecule has 1 rings (SSSR count). The van der Waals surface area contributed by atoms with Crippen LogP contribution in [0.2, 0.25) is 0 Å². The van der Waals surface area contributed by atoms with Crippen LogP contribution >= 0.6 is 0 Å². The molecule has 0 unspecified atom stereocenters. The van der Waals surface area contributed by atoms with E-state index in [1.165, 1.54) is 6.08 Å². The number of rotatable bonds is 11. The Balaban J connectivity index is 2.45. The molecular weight excluding hydrogens is 410 g/mol. The maximum Gasteiger partial charge on any atom is 0.306 e. The van der Waals surface area contributed by atoms with Crippen molar-refractivity contribution in [2.75, 3.05) is 13.7 Å². The van der Waals surface area contributed by atoms with Crippen LogP contribution in [0.5, 0.6) is 0 Å². The van der Waals surface area contributed by atoms with Gasteiger partial charge in [0, 0.05) is 30.3 Å². The van der Waals surface area contributed by atoms with Crippen molar-refractivity contribution in [3.05, 3.63) is 12.7 Å². The molecule has 0 saturated carbocycles. The fraction of sp³-hybridized carbons (Fsp3) is 0.800. The standard InChI is InChI=1S/C25H43NO6/c1-11-19(27)25(8,9)30-15-14-24(6,7)32-21(29)13-12-20(28)31-18-16-22(2,3)26(10)23(4,5)17-18/h11,18H,1,12-17H2,2-10H3. The van der Waals surface area contributed by atoms with Crippen LogP contribution in [0.3, 0.4) is 0 Å². The number of ketones is 1. The summed E-state index contributed by atoms with van der Waals surface area (Å²) in [4.78, 5) is 38.7. The third kappa shape index (κ3) is 8.32. The van der Waals surface area contributed by atoms with E-state index in [-0.39, 0.29) is 48.4 Å². The zero-order valence-corrected chi connectivity index (χ0v) is 21.5. The van der Waals surface area contributed by atoms with Gasteiger partial charge in [-0.2, -0.15) is 0 Å². The minimum Gasteiger partial charge on any atom is -0.462 e. The number of ether oxygens (including phenoxy) is 3. The summed E-state index contributed by atoms with van der Waals surface area (Å²) in [6.07, 6.45) is 2.92. The molecule has 0 spiro atoms. The van der Waals surface area contributed by atoms with E-state index >= 15 is 0 Å². The van der Waals surface area contributed by atoms with Gasteiger partial charge in [-0.05, 0) is 68.5 Å². The summed E-state index contributed by atoms with van der Waals surface area (Å²) in [7, 11) is 2.10. The van der Waals surface area contributed by atoms with Gasteiger partial charge >= 0.3 is 11.9 Å². The van der Waals surface area contributed by atoms with E-state index in [2.05, 4.69) is 46.2 Å². The number of carbonyl (C=O) groups is 3. The molecule has 0 atom stereocenters. The van der Waals surface area contributed by atoms with Crippen LogP contribution in [0.15, 0.2) is 12.7 Å². The van der Waals surface area contributed by atoms with E-state index in [1.807, 2.05) is 0 Å². The molecule has 0 N–H and O–H groups in total. The molecule has 1 fully saturated rings. The summed E-state index contributed by atoms with van der Waals surface area (Å²) in [5.74, 6) is -1.05. The topological polar surface area (TPSA) is 82.1 Å². The monoisotopic (exact) mass is 453 g/mol. The fourth-order valence-corrected chi connectivity index (χ4v) is 4.09. The Morgan fingerprint density at radius 2 is 1.50 bits per heavy atom. The van der Waals surface area contributed by atoms with E-state index in [0.717, 1.165) is 12.8 Å². The number of carbonyl (C=O) groups excluding carboxylic acids is 3. The Labute approximate surface area is 193 Å². The number of nitrogens with zero attached hydrogens (tertiary/aromatic N) is 1. The van der Waals surface area contributed by atoms with Crippen molar-refractivity contribution >= 4 is 17.7 Å². The predicted octanol–water partition coefficient (Wildman–Crippen LogP) is 4.22. The molecule has 1 aliphatic rings. The van der Waals surface area contributed by atoms with Gasteiger partial charge in [0.25, 0.3) is 0 Å². The Hall–Kier alpha value is -1.73. The van der Waals surface area contributed by atoms with Crippen LogP contribution in [0, 0.1) is 0 Å². The quantitative estimate of drug-likeness (QED) is 0.342. The normalized spacial score (nSPS) is 19.3. The molecule has 1 heterocycles. The van der Waals surface area contributed by atoms with E-state index < -0.39 is 17.2 Å². The Morgan fingerprint density at radius 3 is 2.00 bits per heavy atom. The first-order chi connectivity index (χ1) is 14.4. The maximum atomic E-state index is 12.4. The van der Waals surface area contributed by atoms with Crippen LogP contribution in [-0.4, -0.2) is 64.7 Å². The van der Waals surface area contributed by atoms with Crippen LogP contribution < -0.4 is 0 Å². The van der Waals surface area contributed by atoms with Crippen molar-refractivity contribution in [2.24, 2.45) is 0 Å². The van der Waals surface area contributed by atoms with Gasteiger partial charge in [-0.25, -0.2) is 0 Å². The third-order valence-corrected chi connectivity index (χ3v) is 6.44. The summed E-state index contributed by atoms with van der Waals surface area (Å²) in [6.45, 7) is 19.2. The maximum absolute atomic E-state index is 12.4. The lowest BCUT2D eigenvalue weighted by Crippen LogP contribution is -2.60. The van der Waals surface area contributed by atoms with Crippen molar-refractivity contribution in [3.63, 3.8) is 0 Å². The molecule has 1 aliphatic heterocycles. The second-order valence-electron chi connectivity index (χ2n) is 11.1. The summed E-state index contributed by atoms with van der Waals surface area (Å²) < 4.78 is 16.8. The second-order valence-corrected chi connectivity index (χ2v) is 11.1. The molecule has 1 saturated heterocycles. The highest BCUT2D eigenvalue weighted by Gasteiger charge is 2.44. The van der Waals surface area contributed by atoms with E-state index in [4.69, 9.17) is 14.2 Å². The number of likely N-dealkylation sites (tertiary alicyclic amines) is 1. The Bertz CT molecular complexity index is 689. The largest absolute Gasteiger partial charge is 0.462 e. The predicted molar refractivity (Wildman–Crippen MR) is 124 cm³/mol. The molecule has 0 radical (unpaired) electrons. The molecule has 0 aliphatic carbocycles. The van der Waals surface area contributed by atoms with E-state index in [0.29, 0.717) is 6.42 Å². The molecule has 7 nitrogen and oxygen atoms in total. The highest BCUT2D eigenvalue weighted by Crippen LogP contribution is 2.38. The second kappa shape index (κ2) is 10.5. The fourth-order valence-electron chi connectivity index (χ4n) is 4.09. The van der Waals surface area contributed by atoms with Gasteiger partial charge in [-0.15, -0.1) is 0 Å². The summed E-state index contributed by atoms with van der Waals surface area (Å²) in [5, 5.41) is 0. The SMILES string of the molecule is C=CC(=O)C(C)(C)OCCC(C)(C)OC(=O)CCC(=O)OC1CC(C)(C)N(C)C(C)(C)C1. The average molecular weight is 454 g/mol. The smallest absolute Gasteiger partial charge is 0.306 e. The van der Waals surface area contributed by atoms with Crippen LogP contribution in [-0.2, 0) is 28.6 Å². The Kier molecular flexibility index (Phi) is 9.26. The van der Waals surface area contributed by atoms with E-state index in [9.17, 15) is 14.4 Å². The van der Waals surface area contributed by atoms with Gasteiger partial charge in [0.2, 0.25) is 0 Å². The number of esters is 2. The van der Waals surface area contributed by atoms with Crippen LogP contribution in [0.25, 0.3) is 0 Å². The van der Waals surface area contributed by atoms with E-state index in [1.54, 1.807) is 27.7 Å². The van der Waals surface area contributed by atoms with Gasteiger partial charge in [-0.1, -0.05) is 6.58 Å². The molecule has 32 heavy (non-hydrogen) atoms. The minimum absolute atomic E-state index is 0.0144. The van der Waals surface area contributed by atoms with Gasteiger partial charge < -0.3 is 14.2 Å². The highest BCUT2D eigenvalue weighted by atomic mass is 16.6. The summed E-state index contributed by atoms with van der Waals surface area (Å²) in [5.41, 5.74) is -1.91. The average Bonchev–Trinajstić information content (AvgIpc) is 2.62. The van der Waals surface area contributed by atoms with Crippen LogP contribution in [0.1, 0.15) is 87.5 Å². The molecule has 184 valence electrons. The molecule has 0 amide bonds. The van der Waals surface area contributed by atoms with Crippen molar-refractivity contribution in [1.82, 2.24) is 4.90 Å². The minimum atomic E-state index is -0.970. The van der Waals surface area contributed by atoms with Crippen LogP contribution in [0.4, 0.5) is 0 Å². The molecule has 0 aromatic carbocycles. The summed E-state index contributed by atoms with van der Waals surface area (Å²) >= 11 is 0. The zero-order valence-electron chi connectivity index (χ0n) is 21.5. The molecule has 7 heteroatoms. The molecular formula is C25H43NO6. The molecule has 0 bridgehead atoms.